The summed E-state index contributed by atoms with van der Waals surface area (Å²) in [5, 5.41) is 16.6. The second kappa shape index (κ2) is 6.94. The lowest BCUT2D eigenvalue weighted by Crippen LogP contribution is -2.37. The Hall–Kier alpha value is -3.44. The standard InChI is InChI=1S/C20H19N5O3/c1-25-9-6-20(28,19(25)27)5-2-13-10-16-14(3-8-22-16)17(11-13)24-18(26)15-4-7-21-12-23-15/h4,7,10-12,22,28H,3,6,8-9H2,1H3,(H,24,26)/t20-/m0/s1. The number of aromatic nitrogens is 2. The average molecular weight is 377 g/mol. The Bertz CT molecular complexity index is 1010. The Kier molecular flexibility index (Phi) is 4.45. The third kappa shape index (κ3) is 3.28. The van der Waals surface area contributed by atoms with Crippen molar-refractivity contribution < 1.29 is 14.7 Å². The maximum atomic E-state index is 12.5. The summed E-state index contributed by atoms with van der Waals surface area (Å²) < 4.78 is 0. The van der Waals surface area contributed by atoms with Crippen molar-refractivity contribution in [3.63, 3.8) is 0 Å². The minimum Gasteiger partial charge on any atom is -0.384 e. The van der Waals surface area contributed by atoms with Crippen molar-refractivity contribution in [3.8, 4) is 11.8 Å². The molecule has 0 saturated carbocycles. The number of likely N-dealkylation sites (N-methyl/N-ethyl adjacent to an activating group) is 1. The van der Waals surface area contributed by atoms with Crippen LogP contribution < -0.4 is 10.6 Å². The van der Waals surface area contributed by atoms with Gasteiger partial charge >= 0.3 is 0 Å². The topological polar surface area (TPSA) is 107 Å². The number of anilines is 2. The first-order valence-corrected chi connectivity index (χ1v) is 8.95. The molecule has 0 aliphatic carbocycles. The third-order valence-electron chi connectivity index (χ3n) is 4.93. The fourth-order valence-corrected chi connectivity index (χ4v) is 3.36. The van der Waals surface area contributed by atoms with Crippen LogP contribution in [-0.2, 0) is 11.2 Å². The molecule has 4 rings (SSSR count). The van der Waals surface area contributed by atoms with Crippen LogP contribution in [0.5, 0.6) is 0 Å². The molecule has 0 spiro atoms. The summed E-state index contributed by atoms with van der Waals surface area (Å²) in [5.74, 6) is 4.88. The number of carbonyl (C=O) groups is 2. The van der Waals surface area contributed by atoms with Crippen LogP contribution in [0, 0.1) is 11.8 Å². The molecule has 2 aliphatic rings. The molecule has 1 saturated heterocycles. The molecule has 8 heteroatoms. The van der Waals surface area contributed by atoms with E-state index in [1.54, 1.807) is 13.1 Å². The number of fused-ring (bicyclic) bond motifs is 1. The fourth-order valence-electron chi connectivity index (χ4n) is 3.36. The maximum Gasteiger partial charge on any atom is 0.274 e. The zero-order valence-corrected chi connectivity index (χ0v) is 15.3. The van der Waals surface area contributed by atoms with Gasteiger partial charge in [0.15, 0.2) is 0 Å². The van der Waals surface area contributed by atoms with Gasteiger partial charge in [-0.3, -0.25) is 9.59 Å². The Balaban J connectivity index is 1.64. The zero-order chi connectivity index (χ0) is 19.7. The molecule has 3 N–H and O–H groups in total. The minimum absolute atomic E-state index is 0.264. The number of nitrogens with one attached hydrogen (secondary N) is 2. The van der Waals surface area contributed by atoms with Crippen molar-refractivity contribution >= 4 is 23.2 Å². The minimum atomic E-state index is -1.66. The van der Waals surface area contributed by atoms with Crippen LogP contribution >= 0.6 is 0 Å². The van der Waals surface area contributed by atoms with E-state index in [1.165, 1.54) is 23.5 Å². The lowest BCUT2D eigenvalue weighted by atomic mass is 10.0. The Morgan fingerprint density at radius 1 is 1.43 bits per heavy atom. The summed E-state index contributed by atoms with van der Waals surface area (Å²) in [7, 11) is 1.64. The number of likely N-dealkylation sites (tertiary alicyclic amines) is 1. The highest BCUT2D eigenvalue weighted by molar-refractivity contribution is 6.04. The van der Waals surface area contributed by atoms with E-state index in [0.717, 1.165) is 24.2 Å². The lowest BCUT2D eigenvalue weighted by molar-refractivity contribution is -0.137. The second-order valence-corrected chi connectivity index (χ2v) is 6.86. The fraction of sp³-hybridized carbons (Fsp3) is 0.300. The first kappa shape index (κ1) is 17.9. The van der Waals surface area contributed by atoms with Crippen molar-refractivity contribution in [2.24, 2.45) is 0 Å². The van der Waals surface area contributed by atoms with Gasteiger partial charge in [-0.1, -0.05) is 11.8 Å². The van der Waals surface area contributed by atoms with Gasteiger partial charge in [0.25, 0.3) is 11.8 Å². The highest BCUT2D eigenvalue weighted by atomic mass is 16.3. The number of carbonyl (C=O) groups excluding carboxylic acids is 2. The largest absolute Gasteiger partial charge is 0.384 e. The van der Waals surface area contributed by atoms with Gasteiger partial charge < -0.3 is 20.6 Å². The van der Waals surface area contributed by atoms with E-state index in [1.807, 2.05) is 6.07 Å². The average Bonchev–Trinajstić information content (AvgIpc) is 3.28. The molecular weight excluding hydrogens is 358 g/mol. The Labute approximate surface area is 162 Å². The molecule has 1 atom stereocenters. The van der Waals surface area contributed by atoms with E-state index in [0.29, 0.717) is 17.8 Å². The maximum absolute atomic E-state index is 12.5. The van der Waals surface area contributed by atoms with Crippen LogP contribution in [0.15, 0.2) is 30.7 Å². The van der Waals surface area contributed by atoms with Crippen molar-refractivity contribution in [2.75, 3.05) is 30.8 Å². The van der Waals surface area contributed by atoms with Crippen molar-refractivity contribution in [1.82, 2.24) is 14.9 Å². The SMILES string of the molecule is CN1CC[C@@](O)(C#Cc2cc3c(c(NC(=O)c4ccncn4)c2)CCN3)C1=O. The molecule has 1 aromatic heterocycles. The summed E-state index contributed by atoms with van der Waals surface area (Å²) in [6.45, 7) is 1.23. The van der Waals surface area contributed by atoms with Crippen molar-refractivity contribution in [1.29, 1.82) is 0 Å². The predicted molar refractivity (Wildman–Crippen MR) is 103 cm³/mol. The third-order valence-corrected chi connectivity index (χ3v) is 4.93. The van der Waals surface area contributed by atoms with Crippen LogP contribution in [0.25, 0.3) is 0 Å². The predicted octanol–water partition coefficient (Wildman–Crippen LogP) is 0.642. The highest BCUT2D eigenvalue weighted by Crippen LogP contribution is 2.31. The van der Waals surface area contributed by atoms with Gasteiger partial charge in [0.1, 0.15) is 12.0 Å². The van der Waals surface area contributed by atoms with Crippen molar-refractivity contribution in [2.45, 2.75) is 18.4 Å². The molecule has 2 amide bonds. The van der Waals surface area contributed by atoms with E-state index >= 15 is 0 Å². The van der Waals surface area contributed by atoms with Gasteiger partial charge in [-0.15, -0.1) is 0 Å². The van der Waals surface area contributed by atoms with Gasteiger partial charge in [-0.25, -0.2) is 9.97 Å². The first-order chi connectivity index (χ1) is 13.5. The van der Waals surface area contributed by atoms with E-state index in [9.17, 15) is 14.7 Å². The molecule has 3 heterocycles. The Morgan fingerprint density at radius 3 is 3.00 bits per heavy atom. The van der Waals surface area contributed by atoms with E-state index < -0.39 is 11.5 Å². The second-order valence-electron chi connectivity index (χ2n) is 6.86. The summed E-state index contributed by atoms with van der Waals surface area (Å²) in [6, 6.07) is 5.15. The normalized spacial score (nSPS) is 20.2. The number of amides is 2. The molecule has 0 unspecified atom stereocenters. The summed E-state index contributed by atoms with van der Waals surface area (Å²) in [5.41, 5.74) is 1.71. The van der Waals surface area contributed by atoms with Crippen LogP contribution in [0.4, 0.5) is 11.4 Å². The lowest BCUT2D eigenvalue weighted by Gasteiger charge is -2.14. The number of hydrogen-bond donors (Lipinski definition) is 3. The first-order valence-electron chi connectivity index (χ1n) is 8.95. The van der Waals surface area contributed by atoms with Gasteiger partial charge in [0.05, 0.1) is 0 Å². The number of rotatable bonds is 2. The van der Waals surface area contributed by atoms with E-state index in [4.69, 9.17) is 0 Å². The number of aliphatic hydroxyl groups is 1. The van der Waals surface area contributed by atoms with Crippen molar-refractivity contribution in [3.05, 3.63) is 47.5 Å². The van der Waals surface area contributed by atoms with Crippen LogP contribution in [0.2, 0.25) is 0 Å². The zero-order valence-electron chi connectivity index (χ0n) is 15.3. The van der Waals surface area contributed by atoms with E-state index in [2.05, 4.69) is 32.4 Å². The van der Waals surface area contributed by atoms with Crippen LogP contribution in [-0.4, -0.2) is 57.5 Å². The number of nitrogens with zero attached hydrogens (tertiary/aromatic N) is 3. The van der Waals surface area contributed by atoms with Gasteiger partial charge in [0.2, 0.25) is 5.60 Å². The van der Waals surface area contributed by atoms with Gasteiger partial charge in [-0.2, -0.15) is 0 Å². The molecule has 1 fully saturated rings. The summed E-state index contributed by atoms with van der Waals surface area (Å²) in [4.78, 5) is 33.8. The molecule has 0 bridgehead atoms. The summed E-state index contributed by atoms with van der Waals surface area (Å²) in [6.07, 6.45) is 3.87. The summed E-state index contributed by atoms with van der Waals surface area (Å²) >= 11 is 0. The molecule has 2 aliphatic heterocycles. The molecular formula is C20H19N5O3. The molecule has 28 heavy (non-hydrogen) atoms. The molecule has 2 aromatic rings. The molecule has 1 aromatic carbocycles. The highest BCUT2D eigenvalue weighted by Gasteiger charge is 2.42. The number of benzene rings is 1. The Morgan fingerprint density at radius 2 is 2.29 bits per heavy atom. The molecule has 8 nitrogen and oxygen atoms in total. The quantitative estimate of drug-likeness (QED) is 0.663. The monoisotopic (exact) mass is 377 g/mol. The van der Waals surface area contributed by atoms with Gasteiger partial charge in [0, 0.05) is 55.3 Å². The molecule has 0 radical (unpaired) electrons. The number of hydrogen-bond acceptors (Lipinski definition) is 6. The van der Waals surface area contributed by atoms with Crippen LogP contribution in [0.1, 0.15) is 28.0 Å². The van der Waals surface area contributed by atoms with E-state index in [-0.39, 0.29) is 18.0 Å². The molecule has 142 valence electrons. The smallest absolute Gasteiger partial charge is 0.274 e. The van der Waals surface area contributed by atoms with Gasteiger partial charge in [-0.05, 0) is 24.6 Å². The van der Waals surface area contributed by atoms with Crippen LogP contribution in [0.3, 0.4) is 0 Å².